The molecule has 0 aliphatic carbocycles. The van der Waals surface area contributed by atoms with Gasteiger partial charge in [-0.1, -0.05) is 37.6 Å². The molecule has 134 valence electrons. The predicted octanol–water partition coefficient (Wildman–Crippen LogP) is 6.03. The summed E-state index contributed by atoms with van der Waals surface area (Å²) in [5.41, 5.74) is 6.41. The van der Waals surface area contributed by atoms with Gasteiger partial charge in [-0.05, 0) is 44.4 Å². The first-order valence-corrected chi connectivity index (χ1v) is 9.24. The Bertz CT molecular complexity index is 1070. The maximum absolute atomic E-state index is 6.52. The van der Waals surface area contributed by atoms with Crippen LogP contribution in [0.5, 0.6) is 0 Å². The second-order valence-electron chi connectivity index (χ2n) is 7.93. The summed E-state index contributed by atoms with van der Waals surface area (Å²) < 4.78 is 6.52. The molecule has 0 saturated heterocycles. The lowest BCUT2D eigenvalue weighted by Crippen LogP contribution is -2.38. The highest BCUT2D eigenvalue weighted by Crippen LogP contribution is 2.43. The molecule has 0 N–H and O–H groups in total. The van der Waals surface area contributed by atoms with Gasteiger partial charge in [-0.15, -0.1) is 0 Å². The van der Waals surface area contributed by atoms with Crippen LogP contribution in [0, 0.1) is 6.92 Å². The third kappa shape index (κ3) is 2.30. The molecule has 1 aliphatic rings. The molecule has 0 fully saturated rings. The lowest BCUT2D eigenvalue weighted by atomic mass is 9.83. The van der Waals surface area contributed by atoms with Crippen LogP contribution in [0.2, 0.25) is 0 Å². The molecule has 4 rings (SSSR count). The molecule has 0 spiro atoms. The van der Waals surface area contributed by atoms with Crippen molar-refractivity contribution in [1.29, 1.82) is 0 Å². The van der Waals surface area contributed by atoms with Gasteiger partial charge in [-0.25, -0.2) is 0 Å². The number of aryl methyl sites for hydroxylation is 1. The number of pyridine rings is 1. The Kier molecular flexibility index (Phi) is 3.72. The van der Waals surface area contributed by atoms with Crippen LogP contribution >= 0.6 is 0 Å². The zero-order valence-corrected chi connectivity index (χ0v) is 16.4. The van der Waals surface area contributed by atoms with E-state index in [1.807, 2.05) is 6.20 Å². The monoisotopic (exact) mass is 346 g/mol. The number of fused-ring (bicyclic) bond motifs is 3. The van der Waals surface area contributed by atoms with Crippen molar-refractivity contribution >= 4 is 21.9 Å². The van der Waals surface area contributed by atoms with Crippen LogP contribution in [-0.4, -0.2) is 16.9 Å². The SMILES string of the molecule is CC1=CC(C)(c2c(C)ccc3c2oc2c(C(C)C)nccc23)N(C)C=C1. The summed E-state index contributed by atoms with van der Waals surface area (Å²) >= 11 is 0. The number of benzene rings is 1. The van der Waals surface area contributed by atoms with Crippen LogP contribution in [0.3, 0.4) is 0 Å². The van der Waals surface area contributed by atoms with Crippen molar-refractivity contribution in [2.24, 2.45) is 0 Å². The van der Waals surface area contributed by atoms with Crippen LogP contribution in [0.15, 0.2) is 52.7 Å². The van der Waals surface area contributed by atoms with Crippen molar-refractivity contribution in [1.82, 2.24) is 9.88 Å². The summed E-state index contributed by atoms with van der Waals surface area (Å²) in [5.74, 6) is 0.321. The Morgan fingerprint density at radius 3 is 2.54 bits per heavy atom. The highest BCUT2D eigenvalue weighted by atomic mass is 16.3. The fourth-order valence-electron chi connectivity index (χ4n) is 4.15. The van der Waals surface area contributed by atoms with Crippen LogP contribution in [0.1, 0.15) is 50.4 Å². The van der Waals surface area contributed by atoms with E-state index in [1.165, 1.54) is 22.1 Å². The molecule has 26 heavy (non-hydrogen) atoms. The summed E-state index contributed by atoms with van der Waals surface area (Å²) in [4.78, 5) is 6.84. The number of nitrogens with zero attached hydrogens (tertiary/aromatic N) is 2. The van der Waals surface area contributed by atoms with Crippen molar-refractivity contribution in [3.05, 3.63) is 65.1 Å². The van der Waals surface area contributed by atoms with E-state index in [2.05, 4.69) is 88.1 Å². The number of furan rings is 1. The normalized spacial score (nSPS) is 20.4. The van der Waals surface area contributed by atoms with E-state index in [-0.39, 0.29) is 5.54 Å². The van der Waals surface area contributed by atoms with Gasteiger partial charge in [0, 0.05) is 35.8 Å². The van der Waals surface area contributed by atoms with Crippen molar-refractivity contribution in [3.63, 3.8) is 0 Å². The van der Waals surface area contributed by atoms with Gasteiger partial charge in [0.1, 0.15) is 5.58 Å². The largest absolute Gasteiger partial charge is 0.454 e. The lowest BCUT2D eigenvalue weighted by molar-refractivity contribution is 0.259. The highest BCUT2D eigenvalue weighted by molar-refractivity contribution is 6.07. The van der Waals surface area contributed by atoms with Crippen molar-refractivity contribution in [2.75, 3.05) is 7.05 Å². The van der Waals surface area contributed by atoms with E-state index in [4.69, 9.17) is 4.42 Å². The van der Waals surface area contributed by atoms with Crippen LogP contribution in [-0.2, 0) is 5.54 Å². The van der Waals surface area contributed by atoms with Gasteiger partial charge in [-0.2, -0.15) is 0 Å². The van der Waals surface area contributed by atoms with Gasteiger partial charge in [0.05, 0.1) is 11.2 Å². The molecule has 1 aliphatic heterocycles. The molecule has 3 heterocycles. The average Bonchev–Trinajstić information content (AvgIpc) is 2.96. The fourth-order valence-corrected chi connectivity index (χ4v) is 4.15. The van der Waals surface area contributed by atoms with Gasteiger partial charge in [-0.3, -0.25) is 4.98 Å². The Balaban J connectivity index is 2.11. The van der Waals surface area contributed by atoms with Crippen molar-refractivity contribution < 1.29 is 4.42 Å². The Hall–Kier alpha value is -2.55. The minimum atomic E-state index is -0.248. The molecular weight excluding hydrogens is 320 g/mol. The first kappa shape index (κ1) is 16.9. The molecule has 0 bridgehead atoms. The third-order valence-electron chi connectivity index (χ3n) is 5.65. The maximum atomic E-state index is 6.52. The van der Waals surface area contributed by atoms with Crippen LogP contribution < -0.4 is 0 Å². The van der Waals surface area contributed by atoms with Gasteiger partial charge >= 0.3 is 0 Å². The molecule has 0 saturated carbocycles. The van der Waals surface area contributed by atoms with E-state index in [1.54, 1.807) is 0 Å². The molecule has 3 aromatic rings. The molecule has 1 atom stereocenters. The van der Waals surface area contributed by atoms with E-state index >= 15 is 0 Å². The lowest BCUT2D eigenvalue weighted by Gasteiger charge is -2.39. The van der Waals surface area contributed by atoms with Crippen LogP contribution in [0.25, 0.3) is 21.9 Å². The molecule has 1 unspecified atom stereocenters. The maximum Gasteiger partial charge on any atom is 0.157 e. The van der Waals surface area contributed by atoms with Gasteiger partial charge < -0.3 is 9.32 Å². The molecule has 0 amide bonds. The van der Waals surface area contributed by atoms with E-state index in [0.29, 0.717) is 5.92 Å². The summed E-state index contributed by atoms with van der Waals surface area (Å²) in [6.07, 6.45) is 8.52. The molecule has 2 aromatic heterocycles. The zero-order chi connectivity index (χ0) is 18.6. The molecule has 1 aromatic carbocycles. The molecular formula is C23H26N2O. The molecule has 3 nitrogen and oxygen atoms in total. The smallest absolute Gasteiger partial charge is 0.157 e. The summed E-state index contributed by atoms with van der Waals surface area (Å²) in [5, 5.41) is 2.32. The highest BCUT2D eigenvalue weighted by Gasteiger charge is 2.34. The standard InChI is InChI=1S/C23H26N2O/c1-14(2)20-22-18(9-11-24-20)17-8-7-16(4)19(21(17)26-22)23(5)13-15(3)10-12-25(23)6/h7-14H,1-6H3. The van der Waals surface area contributed by atoms with Gasteiger partial charge in [0.2, 0.25) is 0 Å². The average molecular weight is 346 g/mol. The van der Waals surface area contributed by atoms with E-state index in [0.717, 1.165) is 22.2 Å². The predicted molar refractivity (Wildman–Crippen MR) is 108 cm³/mol. The number of aromatic nitrogens is 1. The van der Waals surface area contributed by atoms with Crippen molar-refractivity contribution in [3.8, 4) is 0 Å². The molecule has 3 heteroatoms. The number of likely N-dealkylation sites (N-methyl/N-ethyl adjacent to an activating group) is 1. The number of hydrogen-bond donors (Lipinski definition) is 0. The second kappa shape index (κ2) is 5.73. The number of hydrogen-bond acceptors (Lipinski definition) is 3. The molecule has 0 radical (unpaired) electrons. The summed E-state index contributed by atoms with van der Waals surface area (Å²) in [6, 6.07) is 6.46. The Morgan fingerprint density at radius 1 is 1.08 bits per heavy atom. The third-order valence-corrected chi connectivity index (χ3v) is 5.65. The summed E-state index contributed by atoms with van der Waals surface area (Å²) in [7, 11) is 2.13. The van der Waals surface area contributed by atoms with Crippen LogP contribution in [0.4, 0.5) is 0 Å². The van der Waals surface area contributed by atoms with E-state index in [9.17, 15) is 0 Å². The van der Waals surface area contributed by atoms with E-state index < -0.39 is 0 Å². The summed E-state index contributed by atoms with van der Waals surface area (Å²) in [6.45, 7) is 10.9. The first-order chi connectivity index (χ1) is 12.3. The Labute approximate surface area is 155 Å². The van der Waals surface area contributed by atoms with Gasteiger partial charge in [0.25, 0.3) is 0 Å². The number of allylic oxidation sites excluding steroid dienone is 2. The first-order valence-electron chi connectivity index (χ1n) is 9.24. The fraction of sp³-hybridized carbons (Fsp3) is 0.348. The zero-order valence-electron chi connectivity index (χ0n) is 16.4. The quantitative estimate of drug-likeness (QED) is 0.567. The minimum absolute atomic E-state index is 0.248. The number of rotatable bonds is 2. The van der Waals surface area contributed by atoms with Gasteiger partial charge in [0.15, 0.2) is 5.58 Å². The topological polar surface area (TPSA) is 29.3 Å². The second-order valence-corrected chi connectivity index (χ2v) is 7.93. The Morgan fingerprint density at radius 2 is 1.81 bits per heavy atom. The minimum Gasteiger partial charge on any atom is -0.454 e. The van der Waals surface area contributed by atoms with Crippen molar-refractivity contribution in [2.45, 2.75) is 46.1 Å².